The summed E-state index contributed by atoms with van der Waals surface area (Å²) in [6, 6.07) is 9.32. The van der Waals surface area contributed by atoms with Crippen molar-refractivity contribution in [2.45, 2.75) is 13.5 Å². The zero-order chi connectivity index (χ0) is 22.0. The van der Waals surface area contributed by atoms with Gasteiger partial charge >= 0.3 is 0 Å². The molecule has 10 heteroatoms. The van der Waals surface area contributed by atoms with Gasteiger partial charge in [-0.15, -0.1) is 0 Å². The SMILES string of the molecule is CCOc1cc(=O)c(C(=O)NCc2ccc3c(c2)OCO3)nn1-c1ccc(F)c(F)c1. The molecule has 31 heavy (non-hydrogen) atoms. The first-order chi connectivity index (χ1) is 15.0. The molecule has 0 spiro atoms. The average Bonchev–Trinajstić information content (AvgIpc) is 3.22. The second-order valence-corrected chi connectivity index (χ2v) is 6.51. The molecule has 3 aromatic rings. The van der Waals surface area contributed by atoms with E-state index in [1.54, 1.807) is 25.1 Å². The molecule has 0 fully saturated rings. The van der Waals surface area contributed by atoms with Crippen LogP contribution < -0.4 is 25.0 Å². The van der Waals surface area contributed by atoms with E-state index in [1.807, 2.05) is 0 Å². The number of fused-ring (bicyclic) bond motifs is 1. The lowest BCUT2D eigenvalue weighted by Crippen LogP contribution is -2.31. The number of hydrogen-bond donors (Lipinski definition) is 1. The molecule has 0 atom stereocenters. The summed E-state index contributed by atoms with van der Waals surface area (Å²) in [6.07, 6.45) is 0. The molecule has 0 bridgehead atoms. The Kier molecular flexibility index (Phi) is 5.52. The van der Waals surface area contributed by atoms with Crippen LogP contribution in [-0.2, 0) is 6.54 Å². The van der Waals surface area contributed by atoms with Crippen molar-refractivity contribution in [3.63, 3.8) is 0 Å². The second-order valence-electron chi connectivity index (χ2n) is 6.51. The van der Waals surface area contributed by atoms with Crippen LogP contribution in [0.1, 0.15) is 23.0 Å². The van der Waals surface area contributed by atoms with Crippen LogP contribution >= 0.6 is 0 Å². The zero-order valence-electron chi connectivity index (χ0n) is 16.4. The van der Waals surface area contributed by atoms with E-state index in [0.29, 0.717) is 11.5 Å². The summed E-state index contributed by atoms with van der Waals surface area (Å²) in [5, 5.41) is 6.65. The molecule has 2 aromatic carbocycles. The number of aromatic nitrogens is 2. The molecule has 8 nitrogen and oxygen atoms in total. The van der Waals surface area contributed by atoms with Crippen LogP contribution in [-0.4, -0.2) is 29.1 Å². The molecule has 1 N–H and O–H groups in total. The molecule has 2 heterocycles. The summed E-state index contributed by atoms with van der Waals surface area (Å²) >= 11 is 0. The predicted octanol–water partition coefficient (Wildman–Crippen LogP) is 2.57. The summed E-state index contributed by atoms with van der Waals surface area (Å²) in [5.74, 6) is -1.71. The molecule has 4 rings (SSSR count). The number of carbonyl (C=O) groups is 1. The minimum atomic E-state index is -1.10. The van der Waals surface area contributed by atoms with Gasteiger partial charge in [-0.05, 0) is 36.8 Å². The summed E-state index contributed by atoms with van der Waals surface area (Å²) in [7, 11) is 0. The Morgan fingerprint density at radius 3 is 2.71 bits per heavy atom. The number of hydrogen-bond acceptors (Lipinski definition) is 6. The molecule has 0 saturated carbocycles. The maximum Gasteiger partial charge on any atom is 0.276 e. The zero-order valence-corrected chi connectivity index (χ0v) is 16.4. The van der Waals surface area contributed by atoms with E-state index in [-0.39, 0.29) is 31.5 Å². The molecule has 1 amide bonds. The van der Waals surface area contributed by atoms with Gasteiger partial charge in [0.2, 0.25) is 18.1 Å². The number of nitrogens with zero attached hydrogens (tertiary/aromatic N) is 2. The maximum absolute atomic E-state index is 13.7. The first kappa shape index (κ1) is 20.3. The first-order valence-corrected chi connectivity index (χ1v) is 9.35. The number of amides is 1. The topological polar surface area (TPSA) is 91.7 Å². The Balaban J connectivity index is 1.61. The van der Waals surface area contributed by atoms with Gasteiger partial charge in [0, 0.05) is 12.6 Å². The lowest BCUT2D eigenvalue weighted by Gasteiger charge is -2.14. The van der Waals surface area contributed by atoms with Crippen molar-refractivity contribution in [3.8, 4) is 23.1 Å². The standard InChI is InChI=1S/C21H17F2N3O5/c1-2-29-19-9-16(27)20(25-26(19)13-4-5-14(22)15(23)8-13)21(28)24-10-12-3-6-17-18(7-12)31-11-30-17/h3-9H,2,10-11H2,1H3,(H,24,28). The van der Waals surface area contributed by atoms with Gasteiger partial charge in [0.15, 0.2) is 28.8 Å². The van der Waals surface area contributed by atoms with Gasteiger partial charge in [0.05, 0.1) is 18.4 Å². The first-order valence-electron chi connectivity index (χ1n) is 9.35. The third kappa shape index (κ3) is 4.18. The van der Waals surface area contributed by atoms with Crippen LogP contribution in [0.5, 0.6) is 17.4 Å². The molecule has 1 aliphatic heterocycles. The van der Waals surface area contributed by atoms with E-state index < -0.39 is 28.7 Å². The van der Waals surface area contributed by atoms with Crippen molar-refractivity contribution in [2.24, 2.45) is 0 Å². The van der Waals surface area contributed by atoms with E-state index in [0.717, 1.165) is 28.4 Å². The van der Waals surface area contributed by atoms with Gasteiger partial charge in [0.1, 0.15) is 0 Å². The third-order valence-electron chi connectivity index (χ3n) is 4.44. The highest BCUT2D eigenvalue weighted by atomic mass is 19.2. The number of benzene rings is 2. The Bertz CT molecular complexity index is 1210. The molecular weight excluding hydrogens is 412 g/mol. The van der Waals surface area contributed by atoms with E-state index in [4.69, 9.17) is 14.2 Å². The van der Waals surface area contributed by atoms with Crippen molar-refractivity contribution in [3.05, 3.63) is 75.6 Å². The van der Waals surface area contributed by atoms with Gasteiger partial charge in [0.25, 0.3) is 5.91 Å². The Hall–Kier alpha value is -3.95. The molecule has 1 aromatic heterocycles. The number of halogens is 2. The lowest BCUT2D eigenvalue weighted by molar-refractivity contribution is 0.0942. The largest absolute Gasteiger partial charge is 0.478 e. The normalized spacial score (nSPS) is 12.0. The van der Waals surface area contributed by atoms with Crippen LogP contribution in [0.25, 0.3) is 5.69 Å². The number of nitrogens with one attached hydrogen (secondary N) is 1. The van der Waals surface area contributed by atoms with Crippen molar-refractivity contribution in [2.75, 3.05) is 13.4 Å². The fraction of sp³-hybridized carbons (Fsp3) is 0.190. The Labute approximate surface area is 175 Å². The lowest BCUT2D eigenvalue weighted by atomic mass is 10.2. The van der Waals surface area contributed by atoms with Crippen molar-refractivity contribution in [1.82, 2.24) is 15.1 Å². The number of rotatable bonds is 6. The highest BCUT2D eigenvalue weighted by molar-refractivity contribution is 5.92. The monoisotopic (exact) mass is 429 g/mol. The van der Waals surface area contributed by atoms with Gasteiger partial charge < -0.3 is 19.5 Å². The van der Waals surface area contributed by atoms with Gasteiger partial charge in [-0.2, -0.15) is 5.10 Å². The number of ether oxygens (including phenoxy) is 3. The van der Waals surface area contributed by atoms with E-state index in [1.165, 1.54) is 6.07 Å². The third-order valence-corrected chi connectivity index (χ3v) is 4.44. The summed E-state index contributed by atoms with van der Waals surface area (Å²) in [4.78, 5) is 25.1. The van der Waals surface area contributed by atoms with Gasteiger partial charge in [-0.3, -0.25) is 9.59 Å². The van der Waals surface area contributed by atoms with Crippen LogP contribution in [0.15, 0.2) is 47.3 Å². The number of carbonyl (C=O) groups excluding carboxylic acids is 1. The molecule has 1 aliphatic rings. The van der Waals surface area contributed by atoms with Gasteiger partial charge in [-0.1, -0.05) is 6.07 Å². The van der Waals surface area contributed by atoms with Crippen LogP contribution in [0.4, 0.5) is 8.78 Å². The van der Waals surface area contributed by atoms with E-state index >= 15 is 0 Å². The second kappa shape index (κ2) is 8.42. The van der Waals surface area contributed by atoms with E-state index in [2.05, 4.69) is 10.4 Å². The summed E-state index contributed by atoms with van der Waals surface area (Å²) in [5.41, 5.74) is -0.281. The molecular formula is C21H17F2N3O5. The summed E-state index contributed by atoms with van der Waals surface area (Å²) < 4.78 is 44.0. The molecule has 0 saturated heterocycles. The van der Waals surface area contributed by atoms with Crippen molar-refractivity contribution in [1.29, 1.82) is 0 Å². The highest BCUT2D eigenvalue weighted by Crippen LogP contribution is 2.32. The Morgan fingerprint density at radius 1 is 1.13 bits per heavy atom. The van der Waals surface area contributed by atoms with Crippen LogP contribution in [0.3, 0.4) is 0 Å². The molecule has 0 unspecified atom stereocenters. The maximum atomic E-state index is 13.7. The van der Waals surface area contributed by atoms with Crippen molar-refractivity contribution >= 4 is 5.91 Å². The Morgan fingerprint density at radius 2 is 1.94 bits per heavy atom. The molecule has 0 radical (unpaired) electrons. The van der Waals surface area contributed by atoms with E-state index in [9.17, 15) is 18.4 Å². The van der Waals surface area contributed by atoms with Crippen molar-refractivity contribution < 1.29 is 27.8 Å². The fourth-order valence-corrected chi connectivity index (χ4v) is 2.97. The smallest absolute Gasteiger partial charge is 0.276 e. The highest BCUT2D eigenvalue weighted by Gasteiger charge is 2.19. The molecule has 0 aliphatic carbocycles. The average molecular weight is 429 g/mol. The summed E-state index contributed by atoms with van der Waals surface area (Å²) in [6.45, 7) is 2.12. The minimum absolute atomic E-state index is 0.00849. The quantitative estimate of drug-likeness (QED) is 0.648. The van der Waals surface area contributed by atoms with Gasteiger partial charge in [-0.25, -0.2) is 13.5 Å². The minimum Gasteiger partial charge on any atom is -0.478 e. The molecule has 160 valence electrons. The van der Waals surface area contributed by atoms with Crippen LogP contribution in [0.2, 0.25) is 0 Å². The fourth-order valence-electron chi connectivity index (χ4n) is 2.97. The van der Waals surface area contributed by atoms with Crippen LogP contribution in [0, 0.1) is 11.6 Å². The predicted molar refractivity (Wildman–Crippen MR) is 105 cm³/mol.